The van der Waals surface area contributed by atoms with Crippen LogP contribution in [0.5, 0.6) is 0 Å². The van der Waals surface area contributed by atoms with Crippen molar-refractivity contribution in [3.8, 4) is 0 Å². The normalized spacial score (nSPS) is 15.7. The summed E-state index contributed by atoms with van der Waals surface area (Å²) in [4.78, 5) is 0. The number of methoxy groups -OCH3 is 2. The highest BCUT2D eigenvalue weighted by atomic mass is 16.6. The number of rotatable bonds is 3. The van der Waals surface area contributed by atoms with E-state index in [-0.39, 0.29) is 0 Å². The van der Waals surface area contributed by atoms with Crippen molar-refractivity contribution in [2.75, 3.05) is 14.2 Å². The molecule has 0 aromatic heterocycles. The van der Waals surface area contributed by atoms with Gasteiger partial charge in [0, 0.05) is 14.2 Å². The van der Waals surface area contributed by atoms with Crippen molar-refractivity contribution in [2.24, 2.45) is 0 Å². The van der Waals surface area contributed by atoms with E-state index in [0.29, 0.717) is 0 Å². The maximum atomic E-state index is 9.04. The molecule has 1 unspecified atom stereocenters. The molecule has 0 fully saturated rings. The second-order valence-electron chi connectivity index (χ2n) is 2.40. The molecule has 0 aliphatic rings. The van der Waals surface area contributed by atoms with Crippen LogP contribution in [0.1, 0.15) is 13.8 Å². The van der Waals surface area contributed by atoms with Crippen LogP contribution in [0.4, 0.5) is 0 Å². The van der Waals surface area contributed by atoms with Crippen LogP contribution in [0.25, 0.3) is 0 Å². The molecular weight excluding hydrogens is 120 g/mol. The average Bonchev–Trinajstić information content (AvgIpc) is 1.86. The zero-order valence-corrected chi connectivity index (χ0v) is 6.34. The van der Waals surface area contributed by atoms with Gasteiger partial charge in [0.15, 0.2) is 6.29 Å². The van der Waals surface area contributed by atoms with E-state index in [9.17, 15) is 0 Å². The quantitative estimate of drug-likeness (QED) is 0.567. The van der Waals surface area contributed by atoms with Crippen LogP contribution < -0.4 is 0 Å². The summed E-state index contributed by atoms with van der Waals surface area (Å²) in [6.07, 6.45) is -0.859. The lowest BCUT2D eigenvalue weighted by Crippen LogP contribution is -2.39. The molecule has 3 heteroatoms. The third-order valence-electron chi connectivity index (χ3n) is 1.34. The molecule has 1 atom stereocenters. The van der Waals surface area contributed by atoms with Crippen LogP contribution in [-0.2, 0) is 9.47 Å². The summed E-state index contributed by atoms with van der Waals surface area (Å²) in [5, 5.41) is 9.04. The first-order valence-corrected chi connectivity index (χ1v) is 2.80. The number of aliphatic hydroxyl groups is 1. The second-order valence-corrected chi connectivity index (χ2v) is 2.40. The molecule has 0 amide bonds. The van der Waals surface area contributed by atoms with E-state index < -0.39 is 11.9 Å². The monoisotopic (exact) mass is 134 g/mol. The molecule has 0 aromatic carbocycles. The van der Waals surface area contributed by atoms with Gasteiger partial charge in [0.2, 0.25) is 0 Å². The standard InChI is InChI=1S/C6H14O3/c1-6(2,9-4)5(7)8-3/h5,7H,1-4H3. The number of hydrogen-bond acceptors (Lipinski definition) is 3. The molecule has 0 saturated heterocycles. The molecule has 0 saturated carbocycles. The highest BCUT2D eigenvalue weighted by Crippen LogP contribution is 2.12. The predicted octanol–water partition coefficient (Wildman–Crippen LogP) is 0.376. The molecule has 0 aromatic rings. The Morgan fingerprint density at radius 2 is 1.78 bits per heavy atom. The Hall–Kier alpha value is -0.120. The summed E-state index contributed by atoms with van der Waals surface area (Å²) < 4.78 is 9.55. The molecule has 0 radical (unpaired) electrons. The SMILES string of the molecule is COC(O)C(C)(C)OC. The first kappa shape index (κ1) is 8.88. The van der Waals surface area contributed by atoms with Gasteiger partial charge in [-0.05, 0) is 13.8 Å². The smallest absolute Gasteiger partial charge is 0.183 e. The van der Waals surface area contributed by atoms with Gasteiger partial charge in [-0.1, -0.05) is 0 Å². The molecule has 56 valence electrons. The van der Waals surface area contributed by atoms with Crippen molar-refractivity contribution in [1.29, 1.82) is 0 Å². The molecule has 9 heavy (non-hydrogen) atoms. The average molecular weight is 134 g/mol. The van der Waals surface area contributed by atoms with Crippen LogP contribution >= 0.6 is 0 Å². The van der Waals surface area contributed by atoms with E-state index in [2.05, 4.69) is 4.74 Å². The van der Waals surface area contributed by atoms with Gasteiger partial charge < -0.3 is 14.6 Å². The van der Waals surface area contributed by atoms with E-state index in [1.165, 1.54) is 14.2 Å². The molecular formula is C6H14O3. The summed E-state index contributed by atoms with van der Waals surface area (Å²) >= 11 is 0. The Balaban J connectivity index is 3.80. The summed E-state index contributed by atoms with van der Waals surface area (Å²) in [6, 6.07) is 0. The second kappa shape index (κ2) is 3.15. The number of aliphatic hydroxyl groups excluding tert-OH is 1. The lowest BCUT2D eigenvalue weighted by Gasteiger charge is -2.27. The highest BCUT2D eigenvalue weighted by Gasteiger charge is 2.26. The van der Waals surface area contributed by atoms with Gasteiger partial charge in [0.1, 0.15) is 5.60 Å². The molecule has 0 aliphatic heterocycles. The molecule has 0 aliphatic carbocycles. The summed E-state index contributed by atoms with van der Waals surface area (Å²) in [5.41, 5.74) is -0.616. The Morgan fingerprint density at radius 1 is 1.33 bits per heavy atom. The minimum Gasteiger partial charge on any atom is -0.374 e. The van der Waals surface area contributed by atoms with Gasteiger partial charge in [-0.3, -0.25) is 0 Å². The van der Waals surface area contributed by atoms with Crippen LogP contribution in [-0.4, -0.2) is 31.2 Å². The van der Waals surface area contributed by atoms with Gasteiger partial charge in [-0.15, -0.1) is 0 Å². The minimum atomic E-state index is -0.859. The van der Waals surface area contributed by atoms with Gasteiger partial charge in [-0.25, -0.2) is 0 Å². The molecule has 0 heterocycles. The number of hydrogen-bond donors (Lipinski definition) is 1. The molecule has 0 bridgehead atoms. The van der Waals surface area contributed by atoms with Crippen LogP contribution in [0.3, 0.4) is 0 Å². The zero-order chi connectivity index (χ0) is 7.49. The lowest BCUT2D eigenvalue weighted by atomic mass is 10.1. The van der Waals surface area contributed by atoms with E-state index in [1.807, 2.05) is 0 Å². The molecule has 0 rings (SSSR count). The largest absolute Gasteiger partial charge is 0.374 e. The van der Waals surface area contributed by atoms with E-state index in [0.717, 1.165) is 0 Å². The predicted molar refractivity (Wildman–Crippen MR) is 34.1 cm³/mol. The zero-order valence-electron chi connectivity index (χ0n) is 6.34. The van der Waals surface area contributed by atoms with Crippen molar-refractivity contribution >= 4 is 0 Å². The maximum Gasteiger partial charge on any atom is 0.183 e. The first-order valence-electron chi connectivity index (χ1n) is 2.80. The van der Waals surface area contributed by atoms with Crippen molar-refractivity contribution in [3.63, 3.8) is 0 Å². The molecule has 3 nitrogen and oxygen atoms in total. The summed E-state index contributed by atoms with van der Waals surface area (Å²) in [6.45, 7) is 3.50. The van der Waals surface area contributed by atoms with Crippen molar-refractivity contribution < 1.29 is 14.6 Å². The number of ether oxygens (including phenoxy) is 2. The van der Waals surface area contributed by atoms with E-state index in [4.69, 9.17) is 9.84 Å². The van der Waals surface area contributed by atoms with Gasteiger partial charge in [0.05, 0.1) is 0 Å². The highest BCUT2D eigenvalue weighted by molar-refractivity contribution is 4.70. The third kappa shape index (κ3) is 2.30. The Kier molecular flexibility index (Phi) is 3.11. The Bertz CT molecular complexity index is 80.4. The minimum absolute atomic E-state index is 0.616. The fraction of sp³-hybridized carbons (Fsp3) is 1.00. The van der Waals surface area contributed by atoms with Gasteiger partial charge in [-0.2, -0.15) is 0 Å². The van der Waals surface area contributed by atoms with Crippen LogP contribution in [0.2, 0.25) is 0 Å². The Labute approximate surface area is 55.6 Å². The maximum absolute atomic E-state index is 9.04. The van der Waals surface area contributed by atoms with Crippen molar-refractivity contribution in [3.05, 3.63) is 0 Å². The van der Waals surface area contributed by atoms with E-state index >= 15 is 0 Å². The van der Waals surface area contributed by atoms with Gasteiger partial charge >= 0.3 is 0 Å². The van der Waals surface area contributed by atoms with Crippen molar-refractivity contribution in [1.82, 2.24) is 0 Å². The lowest BCUT2D eigenvalue weighted by molar-refractivity contribution is -0.196. The first-order chi connectivity index (χ1) is 4.04. The Morgan fingerprint density at radius 3 is 1.89 bits per heavy atom. The van der Waals surface area contributed by atoms with Crippen molar-refractivity contribution in [2.45, 2.75) is 25.7 Å². The fourth-order valence-electron chi connectivity index (χ4n) is 0.385. The molecule has 0 spiro atoms. The summed E-state index contributed by atoms with van der Waals surface area (Å²) in [5.74, 6) is 0. The van der Waals surface area contributed by atoms with Gasteiger partial charge in [0.25, 0.3) is 0 Å². The molecule has 1 N–H and O–H groups in total. The fourth-order valence-corrected chi connectivity index (χ4v) is 0.385. The van der Waals surface area contributed by atoms with Crippen LogP contribution in [0, 0.1) is 0 Å². The van der Waals surface area contributed by atoms with E-state index in [1.54, 1.807) is 13.8 Å². The van der Waals surface area contributed by atoms with Crippen LogP contribution in [0.15, 0.2) is 0 Å². The summed E-state index contributed by atoms with van der Waals surface area (Å²) in [7, 11) is 2.97. The topological polar surface area (TPSA) is 38.7 Å². The third-order valence-corrected chi connectivity index (χ3v) is 1.34.